The molecule has 1 saturated heterocycles. The summed E-state index contributed by atoms with van der Waals surface area (Å²) in [6.45, 7) is 3.28. The summed E-state index contributed by atoms with van der Waals surface area (Å²) in [6.07, 6.45) is 3.89. The normalized spacial score (nSPS) is 19.9. The van der Waals surface area contributed by atoms with E-state index in [1.54, 1.807) is 12.0 Å². The predicted molar refractivity (Wildman–Crippen MR) is 118 cm³/mol. The van der Waals surface area contributed by atoms with E-state index in [-0.39, 0.29) is 11.8 Å². The third kappa shape index (κ3) is 4.57. The Morgan fingerprint density at radius 2 is 1.90 bits per heavy atom. The van der Waals surface area contributed by atoms with Gasteiger partial charge < -0.3 is 4.74 Å². The summed E-state index contributed by atoms with van der Waals surface area (Å²) in [5.74, 6) is 2.01. The van der Waals surface area contributed by atoms with Crippen LogP contribution in [0.25, 0.3) is 0 Å². The third-order valence-corrected chi connectivity index (χ3v) is 7.34. The Balaban J connectivity index is 1.66. The Morgan fingerprint density at radius 1 is 1.16 bits per heavy atom. The van der Waals surface area contributed by atoms with E-state index in [4.69, 9.17) is 14.7 Å². The van der Waals surface area contributed by atoms with Gasteiger partial charge in [-0.25, -0.2) is 22.7 Å². The average molecular weight is 445 g/mol. The number of methoxy groups -OCH3 is 1. The molecule has 0 aliphatic carbocycles. The minimum absolute atomic E-state index is 0.0359. The van der Waals surface area contributed by atoms with E-state index in [2.05, 4.69) is 0 Å². The molecule has 0 saturated carbocycles. The highest BCUT2D eigenvalue weighted by Crippen LogP contribution is 2.33. The lowest BCUT2D eigenvalue weighted by molar-refractivity contribution is -0.119. The molecule has 0 unspecified atom stereocenters. The zero-order valence-corrected chi connectivity index (χ0v) is 19.0. The van der Waals surface area contributed by atoms with Gasteiger partial charge in [-0.1, -0.05) is 12.1 Å². The van der Waals surface area contributed by atoms with Crippen LogP contribution in [0.15, 0.2) is 24.3 Å². The van der Waals surface area contributed by atoms with E-state index < -0.39 is 10.0 Å². The maximum Gasteiger partial charge on any atom is 0.228 e. The second kappa shape index (κ2) is 8.55. The topological polar surface area (TPSA) is 92.7 Å². The standard InChI is InChI=1S/C22H28N4O4S/c1-15-19-10-11-20(27)26(13-16-6-8-18(30-2)9-7-16)22(19)24-21(23-15)17-5-4-12-25(14-17)31(3,28)29/h6-9,17H,4-5,10-14H2,1-3H3/t17-/m0/s1. The Labute approximate surface area is 183 Å². The maximum absolute atomic E-state index is 12.8. The van der Waals surface area contributed by atoms with E-state index in [0.717, 1.165) is 35.4 Å². The van der Waals surface area contributed by atoms with Crippen LogP contribution < -0.4 is 9.64 Å². The molecule has 31 heavy (non-hydrogen) atoms. The highest BCUT2D eigenvalue weighted by molar-refractivity contribution is 7.88. The van der Waals surface area contributed by atoms with E-state index in [0.29, 0.717) is 44.1 Å². The van der Waals surface area contributed by atoms with Crippen molar-refractivity contribution in [1.29, 1.82) is 0 Å². The van der Waals surface area contributed by atoms with Gasteiger partial charge in [0.05, 0.1) is 19.9 Å². The number of aryl methyl sites for hydroxylation is 1. The number of sulfonamides is 1. The van der Waals surface area contributed by atoms with Gasteiger partial charge in [-0.3, -0.25) is 9.69 Å². The first-order valence-electron chi connectivity index (χ1n) is 10.5. The Hall–Kier alpha value is -2.52. The van der Waals surface area contributed by atoms with Crippen molar-refractivity contribution < 1.29 is 17.9 Å². The molecule has 0 spiro atoms. The van der Waals surface area contributed by atoms with E-state index in [1.165, 1.54) is 10.6 Å². The molecule has 0 N–H and O–H groups in total. The fraction of sp³-hybridized carbons (Fsp3) is 0.500. The lowest BCUT2D eigenvalue weighted by Crippen LogP contribution is -2.40. The molecule has 1 atom stereocenters. The zero-order chi connectivity index (χ0) is 22.2. The molecule has 3 heterocycles. The van der Waals surface area contributed by atoms with Crippen LogP contribution >= 0.6 is 0 Å². The number of fused-ring (bicyclic) bond motifs is 1. The zero-order valence-electron chi connectivity index (χ0n) is 18.2. The van der Waals surface area contributed by atoms with Gasteiger partial charge in [-0.15, -0.1) is 0 Å². The number of amides is 1. The van der Waals surface area contributed by atoms with Crippen LogP contribution in [0.1, 0.15) is 47.8 Å². The fourth-order valence-corrected chi connectivity index (χ4v) is 5.23. The summed E-state index contributed by atoms with van der Waals surface area (Å²) in [4.78, 5) is 24.1. The molecule has 1 aromatic heterocycles. The van der Waals surface area contributed by atoms with Crippen LogP contribution in [0.4, 0.5) is 5.82 Å². The molecule has 1 aromatic carbocycles. The van der Waals surface area contributed by atoms with Crippen molar-refractivity contribution in [1.82, 2.24) is 14.3 Å². The molecule has 4 rings (SSSR count). The largest absolute Gasteiger partial charge is 0.497 e. The molecule has 1 amide bonds. The quantitative estimate of drug-likeness (QED) is 0.703. The fourth-order valence-electron chi connectivity index (χ4n) is 4.32. The van der Waals surface area contributed by atoms with Gasteiger partial charge in [0, 0.05) is 36.7 Å². The lowest BCUT2D eigenvalue weighted by Gasteiger charge is -2.33. The number of hydrogen-bond donors (Lipinski definition) is 0. The molecular weight excluding hydrogens is 416 g/mol. The Morgan fingerprint density at radius 3 is 2.58 bits per heavy atom. The number of hydrogen-bond acceptors (Lipinski definition) is 6. The third-order valence-electron chi connectivity index (χ3n) is 6.07. The summed E-state index contributed by atoms with van der Waals surface area (Å²) in [7, 11) is -1.64. The Bertz CT molecular complexity index is 1090. The summed E-state index contributed by atoms with van der Waals surface area (Å²) < 4.78 is 30.8. The number of piperidine rings is 1. The van der Waals surface area contributed by atoms with E-state index >= 15 is 0 Å². The van der Waals surface area contributed by atoms with Gasteiger partial charge in [-0.2, -0.15) is 0 Å². The van der Waals surface area contributed by atoms with Gasteiger partial charge in [-0.05, 0) is 43.9 Å². The summed E-state index contributed by atoms with van der Waals surface area (Å²) in [5.41, 5.74) is 2.84. The minimum Gasteiger partial charge on any atom is -0.497 e. The maximum atomic E-state index is 12.8. The molecule has 8 nitrogen and oxygen atoms in total. The van der Waals surface area contributed by atoms with Crippen molar-refractivity contribution in [3.8, 4) is 5.75 Å². The van der Waals surface area contributed by atoms with Crippen LogP contribution in [-0.4, -0.2) is 55.1 Å². The van der Waals surface area contributed by atoms with Gasteiger partial charge in [0.15, 0.2) is 0 Å². The second-order valence-corrected chi connectivity index (χ2v) is 10.2. The van der Waals surface area contributed by atoms with Gasteiger partial charge in [0.1, 0.15) is 17.4 Å². The van der Waals surface area contributed by atoms with Crippen molar-refractivity contribution in [3.63, 3.8) is 0 Å². The molecule has 0 bridgehead atoms. The number of carbonyl (C=O) groups excluding carboxylic acids is 1. The van der Waals surface area contributed by atoms with E-state index in [9.17, 15) is 13.2 Å². The first kappa shape index (κ1) is 21.7. The highest BCUT2D eigenvalue weighted by Gasteiger charge is 2.32. The molecule has 0 radical (unpaired) electrons. The van der Waals surface area contributed by atoms with Crippen LogP contribution in [-0.2, 0) is 27.8 Å². The van der Waals surface area contributed by atoms with E-state index in [1.807, 2.05) is 31.2 Å². The first-order valence-corrected chi connectivity index (χ1v) is 12.4. The molecule has 2 aliphatic heterocycles. The Kier molecular flexibility index (Phi) is 5.98. The molecule has 2 aliphatic rings. The van der Waals surface area contributed by atoms with Gasteiger partial charge >= 0.3 is 0 Å². The SMILES string of the molecule is COc1ccc(CN2C(=O)CCc3c(C)nc([C@H]4CCCN(S(C)(=O)=O)C4)nc32)cc1. The first-order chi connectivity index (χ1) is 14.8. The number of nitrogens with zero attached hydrogens (tertiary/aromatic N) is 4. The number of benzene rings is 1. The molecular formula is C22H28N4O4S. The van der Waals surface area contributed by atoms with Crippen molar-refractivity contribution in [2.75, 3.05) is 31.4 Å². The van der Waals surface area contributed by atoms with Crippen molar-refractivity contribution >= 4 is 21.7 Å². The summed E-state index contributed by atoms with van der Waals surface area (Å²) in [5, 5.41) is 0. The molecule has 1 fully saturated rings. The lowest BCUT2D eigenvalue weighted by atomic mass is 9.97. The molecule has 2 aromatic rings. The van der Waals surface area contributed by atoms with Gasteiger partial charge in [0.2, 0.25) is 15.9 Å². The number of rotatable bonds is 5. The molecule has 166 valence electrons. The minimum atomic E-state index is -3.26. The predicted octanol–water partition coefficient (Wildman–Crippen LogP) is 2.41. The average Bonchev–Trinajstić information content (AvgIpc) is 2.75. The van der Waals surface area contributed by atoms with Crippen LogP contribution in [0.3, 0.4) is 0 Å². The smallest absolute Gasteiger partial charge is 0.228 e. The van der Waals surface area contributed by atoms with Crippen molar-refractivity contribution in [3.05, 3.63) is 46.9 Å². The summed E-state index contributed by atoms with van der Waals surface area (Å²) >= 11 is 0. The van der Waals surface area contributed by atoms with Crippen LogP contribution in [0.2, 0.25) is 0 Å². The monoisotopic (exact) mass is 444 g/mol. The number of anilines is 1. The number of carbonyl (C=O) groups is 1. The second-order valence-electron chi connectivity index (χ2n) is 8.26. The van der Waals surface area contributed by atoms with Gasteiger partial charge in [0.25, 0.3) is 0 Å². The van der Waals surface area contributed by atoms with Crippen LogP contribution in [0, 0.1) is 6.92 Å². The summed E-state index contributed by atoms with van der Waals surface area (Å²) in [6, 6.07) is 7.65. The molecule has 9 heteroatoms. The van der Waals surface area contributed by atoms with Crippen molar-refractivity contribution in [2.24, 2.45) is 0 Å². The number of aromatic nitrogens is 2. The number of ether oxygens (including phenoxy) is 1. The highest BCUT2D eigenvalue weighted by atomic mass is 32.2. The van der Waals surface area contributed by atoms with Crippen molar-refractivity contribution in [2.45, 2.75) is 45.1 Å². The van der Waals surface area contributed by atoms with Crippen LogP contribution in [0.5, 0.6) is 5.75 Å².